The molecular weight excluding hydrogens is 286 g/mol. The molecule has 0 aromatic heterocycles. The zero-order chi connectivity index (χ0) is 12.2. The summed E-state index contributed by atoms with van der Waals surface area (Å²) < 4.78 is 1.04. The van der Waals surface area contributed by atoms with Crippen molar-refractivity contribution in [1.82, 2.24) is 5.32 Å². The second kappa shape index (κ2) is 5.85. The van der Waals surface area contributed by atoms with Crippen LogP contribution in [0.4, 0.5) is 0 Å². The molecule has 1 N–H and O–H groups in total. The minimum atomic E-state index is 0.144. The smallest absolute Gasteiger partial charge is 0.0479 e. The lowest BCUT2D eigenvalue weighted by Gasteiger charge is -2.18. The fourth-order valence-electron chi connectivity index (χ4n) is 1.19. The summed E-state index contributed by atoms with van der Waals surface area (Å²) in [5.74, 6) is 0. The van der Waals surface area contributed by atoms with Gasteiger partial charge in [0.2, 0.25) is 0 Å². The van der Waals surface area contributed by atoms with Crippen LogP contribution in [0.3, 0.4) is 0 Å². The van der Waals surface area contributed by atoms with Crippen LogP contribution < -0.4 is 5.32 Å². The molecule has 0 unspecified atom stereocenters. The van der Waals surface area contributed by atoms with E-state index in [0.29, 0.717) is 0 Å². The number of rotatable bonds is 3. The molecule has 0 amide bonds. The average molecular weight is 303 g/mol. The highest BCUT2D eigenvalue weighted by atomic mass is 79.9. The molecule has 3 heteroatoms. The second-order valence-electron chi connectivity index (χ2n) is 4.70. The summed E-state index contributed by atoms with van der Waals surface area (Å²) in [6.45, 7) is 7.28. The van der Waals surface area contributed by atoms with E-state index in [1.165, 1.54) is 0 Å². The first-order chi connectivity index (χ1) is 7.38. The highest BCUT2D eigenvalue weighted by Gasteiger charge is 2.05. The maximum Gasteiger partial charge on any atom is 0.0479 e. The number of hydrogen-bond acceptors (Lipinski definition) is 1. The van der Waals surface area contributed by atoms with Gasteiger partial charge in [0.15, 0.2) is 0 Å². The Morgan fingerprint density at radius 1 is 1.38 bits per heavy atom. The van der Waals surface area contributed by atoms with Gasteiger partial charge in [-0.2, -0.15) is 0 Å². The predicted octanol–water partition coefficient (Wildman–Crippen LogP) is 4.50. The van der Waals surface area contributed by atoms with Crippen molar-refractivity contribution in [3.8, 4) is 0 Å². The number of benzene rings is 1. The molecule has 0 bridgehead atoms. The minimum absolute atomic E-state index is 0.144. The van der Waals surface area contributed by atoms with Gasteiger partial charge in [0.1, 0.15) is 0 Å². The largest absolute Gasteiger partial charge is 0.309 e. The van der Waals surface area contributed by atoms with Gasteiger partial charge in [0, 0.05) is 21.6 Å². The Kier molecular flexibility index (Phi) is 5.03. The van der Waals surface area contributed by atoms with Crippen LogP contribution in [0.15, 0.2) is 28.7 Å². The molecule has 0 aliphatic rings. The first kappa shape index (κ1) is 13.8. The molecule has 1 rings (SSSR count). The van der Waals surface area contributed by atoms with Crippen LogP contribution >= 0.6 is 27.5 Å². The Morgan fingerprint density at radius 3 is 2.69 bits per heavy atom. The molecular formula is C13H17BrClN. The van der Waals surface area contributed by atoms with Gasteiger partial charge in [-0.3, -0.25) is 0 Å². The van der Waals surface area contributed by atoms with E-state index in [1.54, 1.807) is 0 Å². The first-order valence-electron chi connectivity index (χ1n) is 5.25. The van der Waals surface area contributed by atoms with Gasteiger partial charge in [-0.25, -0.2) is 0 Å². The topological polar surface area (TPSA) is 12.0 Å². The summed E-state index contributed by atoms with van der Waals surface area (Å²) in [6.07, 6.45) is 4.12. The van der Waals surface area contributed by atoms with Gasteiger partial charge in [-0.15, -0.1) is 0 Å². The summed E-state index contributed by atoms with van der Waals surface area (Å²) in [5.41, 5.74) is 1.18. The quantitative estimate of drug-likeness (QED) is 0.866. The van der Waals surface area contributed by atoms with Gasteiger partial charge in [0.05, 0.1) is 0 Å². The molecule has 16 heavy (non-hydrogen) atoms. The van der Waals surface area contributed by atoms with Crippen LogP contribution in [0.1, 0.15) is 26.3 Å². The molecule has 1 aromatic carbocycles. The van der Waals surface area contributed by atoms with Gasteiger partial charge in [0.25, 0.3) is 0 Å². The Hall–Kier alpha value is -0.310. The third-order valence-electron chi connectivity index (χ3n) is 2.01. The summed E-state index contributed by atoms with van der Waals surface area (Å²) in [7, 11) is 0. The zero-order valence-corrected chi connectivity index (χ0v) is 12.2. The van der Waals surface area contributed by atoms with Crippen molar-refractivity contribution in [2.75, 3.05) is 6.54 Å². The molecule has 0 heterocycles. The molecule has 0 saturated carbocycles. The molecule has 0 atom stereocenters. The van der Waals surface area contributed by atoms with Gasteiger partial charge in [-0.05, 0) is 44.5 Å². The Balaban J connectivity index is 2.59. The molecule has 0 aliphatic carbocycles. The molecule has 1 nitrogen and oxygen atoms in total. The van der Waals surface area contributed by atoms with Gasteiger partial charge >= 0.3 is 0 Å². The SMILES string of the molecule is CC(C)(C)NC/C=C/c1cc(Br)ccc1Cl. The van der Waals surface area contributed by atoms with Crippen LogP contribution in [-0.4, -0.2) is 12.1 Å². The fraction of sp³-hybridized carbons (Fsp3) is 0.385. The summed E-state index contributed by atoms with van der Waals surface area (Å²) in [4.78, 5) is 0. The molecule has 1 aromatic rings. The highest BCUT2D eigenvalue weighted by molar-refractivity contribution is 9.10. The second-order valence-corrected chi connectivity index (χ2v) is 6.02. The highest BCUT2D eigenvalue weighted by Crippen LogP contribution is 2.21. The van der Waals surface area contributed by atoms with Crippen molar-refractivity contribution in [1.29, 1.82) is 0 Å². The first-order valence-corrected chi connectivity index (χ1v) is 6.42. The van der Waals surface area contributed by atoms with Crippen molar-refractivity contribution < 1.29 is 0 Å². The summed E-state index contributed by atoms with van der Waals surface area (Å²) in [6, 6.07) is 5.84. The Morgan fingerprint density at radius 2 is 2.06 bits per heavy atom. The number of halogens is 2. The standard InChI is InChI=1S/C13H17BrClN/c1-13(2,3)16-8-4-5-10-9-11(14)6-7-12(10)15/h4-7,9,16H,8H2,1-3H3/b5-4+. The van der Waals surface area contributed by atoms with Crippen LogP contribution in [-0.2, 0) is 0 Å². The Bertz CT molecular complexity index is 380. The predicted molar refractivity (Wildman–Crippen MR) is 75.9 cm³/mol. The van der Waals surface area contributed by atoms with E-state index in [2.05, 4.69) is 48.1 Å². The van der Waals surface area contributed by atoms with Crippen LogP contribution in [0, 0.1) is 0 Å². The summed E-state index contributed by atoms with van der Waals surface area (Å²) >= 11 is 9.50. The third-order valence-corrected chi connectivity index (χ3v) is 2.84. The van der Waals surface area contributed by atoms with E-state index >= 15 is 0 Å². The molecule has 0 spiro atoms. The molecule has 0 saturated heterocycles. The zero-order valence-electron chi connectivity index (χ0n) is 9.85. The Labute approximate surface area is 111 Å². The van der Waals surface area contributed by atoms with Crippen molar-refractivity contribution in [3.05, 3.63) is 39.3 Å². The lowest BCUT2D eigenvalue weighted by atomic mass is 10.1. The normalized spacial score (nSPS) is 12.3. The minimum Gasteiger partial charge on any atom is -0.309 e. The van der Waals surface area contributed by atoms with Crippen molar-refractivity contribution >= 4 is 33.6 Å². The van der Waals surface area contributed by atoms with E-state index in [-0.39, 0.29) is 5.54 Å². The van der Waals surface area contributed by atoms with E-state index < -0.39 is 0 Å². The van der Waals surface area contributed by atoms with Crippen molar-refractivity contribution in [2.45, 2.75) is 26.3 Å². The molecule has 0 aliphatic heterocycles. The van der Waals surface area contributed by atoms with Crippen molar-refractivity contribution in [2.24, 2.45) is 0 Å². The summed E-state index contributed by atoms with van der Waals surface area (Å²) in [5, 5.41) is 4.16. The van der Waals surface area contributed by atoms with Crippen LogP contribution in [0.25, 0.3) is 6.08 Å². The van der Waals surface area contributed by atoms with Crippen LogP contribution in [0.5, 0.6) is 0 Å². The van der Waals surface area contributed by atoms with E-state index in [0.717, 1.165) is 21.6 Å². The number of nitrogens with one attached hydrogen (secondary N) is 1. The lowest BCUT2D eigenvalue weighted by molar-refractivity contribution is 0.450. The molecule has 88 valence electrons. The van der Waals surface area contributed by atoms with Crippen LogP contribution in [0.2, 0.25) is 5.02 Å². The van der Waals surface area contributed by atoms with E-state index in [4.69, 9.17) is 11.6 Å². The van der Waals surface area contributed by atoms with E-state index in [1.807, 2.05) is 24.3 Å². The fourth-order valence-corrected chi connectivity index (χ4v) is 1.75. The van der Waals surface area contributed by atoms with Gasteiger partial charge < -0.3 is 5.32 Å². The van der Waals surface area contributed by atoms with E-state index in [9.17, 15) is 0 Å². The van der Waals surface area contributed by atoms with Crippen molar-refractivity contribution in [3.63, 3.8) is 0 Å². The molecule has 0 radical (unpaired) electrons. The monoisotopic (exact) mass is 301 g/mol. The lowest BCUT2D eigenvalue weighted by Crippen LogP contribution is -2.35. The third kappa shape index (κ3) is 5.15. The molecule has 0 fully saturated rings. The number of hydrogen-bond donors (Lipinski definition) is 1. The van der Waals surface area contributed by atoms with Gasteiger partial charge in [-0.1, -0.05) is 39.7 Å². The maximum absolute atomic E-state index is 6.07. The average Bonchev–Trinajstić information content (AvgIpc) is 2.16. The maximum atomic E-state index is 6.07.